The Morgan fingerprint density at radius 2 is 1.74 bits per heavy atom. The van der Waals surface area contributed by atoms with Crippen molar-refractivity contribution in [2.45, 2.75) is 57.8 Å². The van der Waals surface area contributed by atoms with Gasteiger partial charge in [-0.05, 0) is 74.1 Å². The number of piperidine rings is 1. The molecular weight excluding hydrogens is 360 g/mol. The summed E-state index contributed by atoms with van der Waals surface area (Å²) in [5.74, 6) is 0.261. The summed E-state index contributed by atoms with van der Waals surface area (Å²) in [5, 5.41) is 3.46. The van der Waals surface area contributed by atoms with Crippen LogP contribution in [0.5, 0.6) is 0 Å². The van der Waals surface area contributed by atoms with Crippen LogP contribution >= 0.6 is 12.4 Å². The van der Waals surface area contributed by atoms with Crippen LogP contribution in [-0.2, 0) is 17.6 Å². The summed E-state index contributed by atoms with van der Waals surface area (Å²) in [6.07, 6.45) is 8.81. The number of Topliss-reactive ketones (excluding diaryl/α,β-unsaturated/α-hetero) is 1. The maximum atomic E-state index is 12.5. The van der Waals surface area contributed by atoms with E-state index in [1.54, 1.807) is 0 Å². The zero-order valence-corrected chi connectivity index (χ0v) is 16.9. The van der Waals surface area contributed by atoms with Gasteiger partial charge in [0.05, 0.1) is 0 Å². The SMILES string of the molecule is Cl.O=C(CCC(=O)N1CCC2(CCNC2)CC1)c1ccc2c(c1)CCCC2. The molecule has 2 fully saturated rings. The smallest absolute Gasteiger partial charge is 0.223 e. The van der Waals surface area contributed by atoms with E-state index in [-0.39, 0.29) is 24.1 Å². The van der Waals surface area contributed by atoms with Gasteiger partial charge in [-0.2, -0.15) is 0 Å². The summed E-state index contributed by atoms with van der Waals surface area (Å²) in [7, 11) is 0. The highest BCUT2D eigenvalue weighted by molar-refractivity contribution is 5.98. The second-order valence-corrected chi connectivity index (χ2v) is 8.42. The number of ketones is 1. The van der Waals surface area contributed by atoms with E-state index in [4.69, 9.17) is 0 Å². The fraction of sp³-hybridized carbons (Fsp3) is 0.636. The number of benzene rings is 1. The normalized spacial score (nSPS) is 20.8. The predicted octanol–water partition coefficient (Wildman–Crippen LogP) is 3.55. The lowest BCUT2D eigenvalue weighted by molar-refractivity contribution is -0.133. The molecule has 27 heavy (non-hydrogen) atoms. The van der Waals surface area contributed by atoms with Gasteiger partial charge in [0, 0.05) is 38.0 Å². The van der Waals surface area contributed by atoms with Crippen molar-refractivity contribution in [2.75, 3.05) is 26.2 Å². The molecule has 0 aromatic heterocycles. The molecule has 1 N–H and O–H groups in total. The number of amides is 1. The molecule has 1 spiro atoms. The molecule has 148 valence electrons. The Hall–Kier alpha value is -1.39. The Labute approximate surface area is 168 Å². The van der Waals surface area contributed by atoms with E-state index in [1.807, 2.05) is 11.0 Å². The molecule has 4 nitrogen and oxygen atoms in total. The van der Waals surface area contributed by atoms with Crippen molar-refractivity contribution in [1.82, 2.24) is 10.2 Å². The van der Waals surface area contributed by atoms with Crippen LogP contribution in [0.1, 0.15) is 66.4 Å². The minimum atomic E-state index is 0. The third-order valence-electron chi connectivity index (χ3n) is 6.75. The first kappa shape index (κ1) is 20.3. The van der Waals surface area contributed by atoms with Gasteiger partial charge >= 0.3 is 0 Å². The largest absolute Gasteiger partial charge is 0.343 e. The lowest BCUT2D eigenvalue weighted by Gasteiger charge is -2.39. The van der Waals surface area contributed by atoms with Gasteiger partial charge in [0.25, 0.3) is 0 Å². The van der Waals surface area contributed by atoms with Crippen molar-refractivity contribution in [3.8, 4) is 0 Å². The molecule has 5 heteroatoms. The van der Waals surface area contributed by atoms with Crippen molar-refractivity contribution < 1.29 is 9.59 Å². The molecule has 1 amide bonds. The zero-order valence-electron chi connectivity index (χ0n) is 16.1. The number of nitrogens with zero attached hydrogens (tertiary/aromatic N) is 1. The van der Waals surface area contributed by atoms with E-state index in [2.05, 4.69) is 17.4 Å². The lowest BCUT2D eigenvalue weighted by Crippen LogP contribution is -2.44. The van der Waals surface area contributed by atoms with Gasteiger partial charge in [0.1, 0.15) is 0 Å². The molecule has 0 atom stereocenters. The third kappa shape index (κ3) is 4.55. The third-order valence-corrected chi connectivity index (χ3v) is 6.75. The molecule has 1 aromatic rings. The maximum absolute atomic E-state index is 12.5. The summed E-state index contributed by atoms with van der Waals surface area (Å²) < 4.78 is 0. The number of rotatable bonds is 4. The van der Waals surface area contributed by atoms with Gasteiger partial charge in [0.2, 0.25) is 5.91 Å². The first-order valence-electron chi connectivity index (χ1n) is 10.3. The minimum Gasteiger partial charge on any atom is -0.343 e. The number of carbonyl (C=O) groups excluding carboxylic acids is 2. The van der Waals surface area contributed by atoms with Crippen LogP contribution in [0.2, 0.25) is 0 Å². The van der Waals surface area contributed by atoms with E-state index in [1.165, 1.54) is 30.4 Å². The van der Waals surface area contributed by atoms with Crippen LogP contribution in [0, 0.1) is 5.41 Å². The quantitative estimate of drug-likeness (QED) is 0.800. The average Bonchev–Trinajstić information content (AvgIpc) is 3.14. The van der Waals surface area contributed by atoms with Gasteiger partial charge in [-0.1, -0.05) is 12.1 Å². The Bertz CT molecular complexity index is 688. The topological polar surface area (TPSA) is 49.4 Å². The molecule has 4 rings (SSSR count). The fourth-order valence-electron chi connectivity index (χ4n) is 4.88. The number of fused-ring (bicyclic) bond motifs is 1. The Morgan fingerprint density at radius 1 is 1.00 bits per heavy atom. The lowest BCUT2D eigenvalue weighted by atomic mass is 9.78. The van der Waals surface area contributed by atoms with Crippen LogP contribution in [0.4, 0.5) is 0 Å². The van der Waals surface area contributed by atoms with E-state index >= 15 is 0 Å². The summed E-state index contributed by atoms with van der Waals surface area (Å²) in [6, 6.07) is 6.14. The summed E-state index contributed by atoms with van der Waals surface area (Å²) in [6.45, 7) is 3.93. The van der Waals surface area contributed by atoms with Gasteiger partial charge in [-0.25, -0.2) is 0 Å². The van der Waals surface area contributed by atoms with Crippen LogP contribution in [0.25, 0.3) is 0 Å². The van der Waals surface area contributed by atoms with Crippen molar-refractivity contribution in [3.05, 3.63) is 34.9 Å². The second kappa shape index (κ2) is 8.74. The number of carbonyl (C=O) groups is 2. The first-order chi connectivity index (χ1) is 12.7. The van der Waals surface area contributed by atoms with Crippen LogP contribution < -0.4 is 5.32 Å². The van der Waals surface area contributed by atoms with E-state index in [0.717, 1.165) is 57.4 Å². The standard InChI is InChI=1S/C22H30N2O2.ClH/c25-20(19-6-5-17-3-1-2-4-18(17)15-19)7-8-21(26)24-13-10-22(11-14-24)9-12-23-16-22;/h5-6,15,23H,1-4,7-14,16H2;1H. The maximum Gasteiger partial charge on any atom is 0.223 e. The molecule has 0 saturated carbocycles. The Kier molecular flexibility index (Phi) is 6.59. The van der Waals surface area contributed by atoms with E-state index in [9.17, 15) is 9.59 Å². The number of halogens is 1. The monoisotopic (exact) mass is 390 g/mol. The van der Waals surface area contributed by atoms with E-state index < -0.39 is 0 Å². The number of nitrogens with one attached hydrogen (secondary N) is 1. The summed E-state index contributed by atoms with van der Waals surface area (Å²) in [5.41, 5.74) is 3.94. The molecule has 1 aromatic carbocycles. The second-order valence-electron chi connectivity index (χ2n) is 8.42. The Balaban J connectivity index is 0.00000210. The number of likely N-dealkylation sites (tertiary alicyclic amines) is 1. The first-order valence-corrected chi connectivity index (χ1v) is 10.3. The van der Waals surface area contributed by atoms with Crippen molar-refractivity contribution in [1.29, 1.82) is 0 Å². The fourth-order valence-corrected chi connectivity index (χ4v) is 4.88. The number of aryl methyl sites for hydroxylation is 2. The number of hydrogen-bond donors (Lipinski definition) is 1. The molecule has 0 unspecified atom stereocenters. The van der Waals surface area contributed by atoms with E-state index in [0.29, 0.717) is 18.3 Å². The minimum absolute atomic E-state index is 0. The van der Waals surface area contributed by atoms with Crippen molar-refractivity contribution in [3.63, 3.8) is 0 Å². The van der Waals surface area contributed by atoms with Crippen molar-refractivity contribution in [2.24, 2.45) is 5.41 Å². The van der Waals surface area contributed by atoms with Crippen LogP contribution in [0.15, 0.2) is 18.2 Å². The predicted molar refractivity (Wildman–Crippen MR) is 110 cm³/mol. The molecule has 2 saturated heterocycles. The molecule has 0 radical (unpaired) electrons. The van der Waals surface area contributed by atoms with Gasteiger partial charge < -0.3 is 10.2 Å². The van der Waals surface area contributed by atoms with Crippen molar-refractivity contribution >= 4 is 24.1 Å². The highest BCUT2D eigenvalue weighted by atomic mass is 35.5. The van der Waals surface area contributed by atoms with Gasteiger partial charge in [-0.3, -0.25) is 9.59 Å². The molecular formula is C22H31ClN2O2. The molecule has 1 aliphatic carbocycles. The van der Waals surface area contributed by atoms with Crippen LogP contribution in [-0.4, -0.2) is 42.8 Å². The average molecular weight is 391 g/mol. The van der Waals surface area contributed by atoms with Gasteiger partial charge in [0.15, 0.2) is 5.78 Å². The molecule has 3 aliphatic rings. The summed E-state index contributed by atoms with van der Waals surface area (Å²) in [4.78, 5) is 27.0. The highest BCUT2D eigenvalue weighted by Gasteiger charge is 2.37. The highest BCUT2D eigenvalue weighted by Crippen LogP contribution is 2.37. The van der Waals surface area contributed by atoms with Crippen LogP contribution in [0.3, 0.4) is 0 Å². The zero-order chi connectivity index (χ0) is 18.0. The Morgan fingerprint density at radius 3 is 2.44 bits per heavy atom. The van der Waals surface area contributed by atoms with Gasteiger partial charge in [-0.15, -0.1) is 12.4 Å². The molecule has 0 bridgehead atoms. The molecule has 2 heterocycles. The number of hydrogen-bond acceptors (Lipinski definition) is 3. The summed E-state index contributed by atoms with van der Waals surface area (Å²) >= 11 is 0. The molecule has 2 aliphatic heterocycles.